The molecule has 0 aromatic rings. The molecule has 6 nitrogen and oxygen atoms in total. The van der Waals surface area contributed by atoms with Crippen LogP contribution in [0.4, 0.5) is 0 Å². The van der Waals surface area contributed by atoms with Gasteiger partial charge in [-0.15, -0.1) is 0 Å². The second-order valence-electron chi connectivity index (χ2n) is 4.26. The average Bonchev–Trinajstić information content (AvgIpc) is 2.73. The maximum Gasteiger partial charge on any atom is 0.274 e. The summed E-state index contributed by atoms with van der Waals surface area (Å²) in [7, 11) is 0. The van der Waals surface area contributed by atoms with Crippen LogP contribution in [0.1, 0.15) is 12.8 Å². The molecule has 2 heterocycles. The van der Waals surface area contributed by atoms with E-state index in [0.29, 0.717) is 11.7 Å². The van der Waals surface area contributed by atoms with Crippen molar-refractivity contribution < 1.29 is 9.66 Å². The fraction of sp³-hybridized carbons (Fsp3) is 0.800. The number of nitrogens with one attached hydrogen (secondary N) is 1. The highest BCUT2D eigenvalue weighted by molar-refractivity contribution is 4.98. The van der Waals surface area contributed by atoms with Gasteiger partial charge in [-0.2, -0.15) is 0 Å². The minimum Gasteiger partial charge on any atom is -0.381 e. The third-order valence-corrected chi connectivity index (χ3v) is 2.98. The number of hydrogen-bond acceptors (Lipinski definition) is 5. The van der Waals surface area contributed by atoms with Gasteiger partial charge in [-0.05, 0) is 12.8 Å². The number of nitro groups is 1. The highest BCUT2D eigenvalue weighted by Crippen LogP contribution is 2.17. The van der Waals surface area contributed by atoms with Gasteiger partial charge < -0.3 is 15.0 Å². The molecule has 0 aromatic heterocycles. The number of rotatable bonds is 3. The van der Waals surface area contributed by atoms with Gasteiger partial charge in [0.2, 0.25) is 0 Å². The van der Waals surface area contributed by atoms with Crippen LogP contribution < -0.4 is 5.32 Å². The quantitative estimate of drug-likeness (QED) is 0.558. The maximum atomic E-state index is 10.5. The lowest BCUT2D eigenvalue weighted by molar-refractivity contribution is -0.404. The van der Waals surface area contributed by atoms with E-state index in [1.165, 1.54) is 0 Å². The molecule has 2 aliphatic rings. The van der Waals surface area contributed by atoms with Crippen molar-refractivity contribution >= 4 is 0 Å². The molecular formula is C10H17N3O3. The SMILES string of the molecule is O=[N+]([O-])/C=C1\NCCCN1CC1CCOC1. The first-order chi connectivity index (χ1) is 7.75. The van der Waals surface area contributed by atoms with Gasteiger partial charge in [-0.3, -0.25) is 10.1 Å². The summed E-state index contributed by atoms with van der Waals surface area (Å²) < 4.78 is 5.31. The summed E-state index contributed by atoms with van der Waals surface area (Å²) in [5.74, 6) is 1.15. The van der Waals surface area contributed by atoms with E-state index in [-0.39, 0.29) is 0 Å². The molecule has 0 saturated carbocycles. The van der Waals surface area contributed by atoms with Crippen LogP contribution in [0.5, 0.6) is 0 Å². The standard InChI is InChI=1S/C10H17N3O3/c14-13(15)7-10-11-3-1-4-12(10)6-9-2-5-16-8-9/h7,9,11H,1-6,8H2/b10-7+. The van der Waals surface area contributed by atoms with Gasteiger partial charge in [0.05, 0.1) is 11.5 Å². The van der Waals surface area contributed by atoms with Crippen LogP contribution in [0, 0.1) is 16.0 Å². The second-order valence-corrected chi connectivity index (χ2v) is 4.26. The molecule has 2 aliphatic heterocycles. The van der Waals surface area contributed by atoms with Crippen molar-refractivity contribution in [1.29, 1.82) is 0 Å². The molecular weight excluding hydrogens is 210 g/mol. The van der Waals surface area contributed by atoms with Crippen molar-refractivity contribution in [3.8, 4) is 0 Å². The van der Waals surface area contributed by atoms with E-state index >= 15 is 0 Å². The van der Waals surface area contributed by atoms with Crippen LogP contribution >= 0.6 is 0 Å². The molecule has 90 valence electrons. The highest BCUT2D eigenvalue weighted by atomic mass is 16.6. The Balaban J connectivity index is 1.95. The molecule has 1 atom stereocenters. The Morgan fingerprint density at radius 3 is 3.25 bits per heavy atom. The van der Waals surface area contributed by atoms with Crippen LogP contribution in [-0.4, -0.2) is 42.7 Å². The molecule has 6 heteroatoms. The molecule has 0 spiro atoms. The molecule has 2 saturated heterocycles. The third kappa shape index (κ3) is 2.85. The van der Waals surface area contributed by atoms with Crippen LogP contribution in [-0.2, 0) is 4.74 Å². The Morgan fingerprint density at radius 1 is 1.69 bits per heavy atom. The van der Waals surface area contributed by atoms with E-state index in [1.807, 2.05) is 0 Å². The van der Waals surface area contributed by atoms with Gasteiger partial charge in [-0.25, -0.2) is 0 Å². The smallest absolute Gasteiger partial charge is 0.274 e. The van der Waals surface area contributed by atoms with Gasteiger partial charge in [-0.1, -0.05) is 0 Å². The second kappa shape index (κ2) is 5.16. The Morgan fingerprint density at radius 2 is 2.56 bits per heavy atom. The van der Waals surface area contributed by atoms with Crippen molar-refractivity contribution in [3.05, 3.63) is 22.1 Å². The molecule has 0 amide bonds. The van der Waals surface area contributed by atoms with Crippen LogP contribution in [0.15, 0.2) is 12.0 Å². The molecule has 0 bridgehead atoms. The molecule has 0 aromatic carbocycles. The molecule has 0 radical (unpaired) electrons. The van der Waals surface area contributed by atoms with Crippen molar-refractivity contribution in [3.63, 3.8) is 0 Å². The highest BCUT2D eigenvalue weighted by Gasteiger charge is 2.23. The first kappa shape index (κ1) is 11.2. The monoisotopic (exact) mass is 227 g/mol. The summed E-state index contributed by atoms with van der Waals surface area (Å²) in [5.41, 5.74) is 0. The summed E-state index contributed by atoms with van der Waals surface area (Å²) in [6.45, 7) is 4.16. The third-order valence-electron chi connectivity index (χ3n) is 2.98. The van der Waals surface area contributed by atoms with E-state index < -0.39 is 4.92 Å². The zero-order valence-corrected chi connectivity index (χ0v) is 9.22. The lowest BCUT2D eigenvalue weighted by Gasteiger charge is -2.32. The van der Waals surface area contributed by atoms with E-state index in [1.54, 1.807) is 0 Å². The number of hydrogen-bond donors (Lipinski definition) is 1. The first-order valence-corrected chi connectivity index (χ1v) is 5.67. The molecule has 0 aliphatic carbocycles. The van der Waals surface area contributed by atoms with Gasteiger partial charge in [0.1, 0.15) is 0 Å². The van der Waals surface area contributed by atoms with Crippen molar-refractivity contribution in [2.24, 2.45) is 5.92 Å². The topological polar surface area (TPSA) is 67.6 Å². The fourth-order valence-electron chi connectivity index (χ4n) is 2.17. The Bertz CT molecular complexity index is 287. The minimum atomic E-state index is -0.397. The maximum absolute atomic E-state index is 10.5. The minimum absolute atomic E-state index is 0.397. The van der Waals surface area contributed by atoms with Crippen LogP contribution in [0.3, 0.4) is 0 Å². The molecule has 16 heavy (non-hydrogen) atoms. The van der Waals surface area contributed by atoms with E-state index in [2.05, 4.69) is 10.2 Å². The lowest BCUT2D eigenvalue weighted by atomic mass is 10.1. The van der Waals surface area contributed by atoms with Gasteiger partial charge in [0.25, 0.3) is 6.20 Å². The molecule has 2 rings (SSSR count). The zero-order valence-electron chi connectivity index (χ0n) is 9.22. The predicted molar refractivity (Wildman–Crippen MR) is 58.2 cm³/mol. The van der Waals surface area contributed by atoms with Gasteiger partial charge in [0.15, 0.2) is 5.82 Å². The van der Waals surface area contributed by atoms with Crippen LogP contribution in [0.2, 0.25) is 0 Å². The van der Waals surface area contributed by atoms with E-state index in [9.17, 15) is 10.1 Å². The zero-order chi connectivity index (χ0) is 11.4. The van der Waals surface area contributed by atoms with E-state index in [4.69, 9.17) is 4.74 Å². The number of nitrogens with zero attached hydrogens (tertiary/aromatic N) is 2. The van der Waals surface area contributed by atoms with Gasteiger partial charge >= 0.3 is 0 Å². The summed E-state index contributed by atoms with van der Waals surface area (Å²) in [6, 6.07) is 0. The molecule has 1 N–H and O–H groups in total. The number of ether oxygens (including phenoxy) is 1. The Kier molecular flexibility index (Phi) is 3.61. The summed E-state index contributed by atoms with van der Waals surface area (Å²) in [4.78, 5) is 12.2. The summed E-state index contributed by atoms with van der Waals surface area (Å²) in [6.07, 6.45) is 3.15. The average molecular weight is 227 g/mol. The summed E-state index contributed by atoms with van der Waals surface area (Å²) >= 11 is 0. The normalized spacial score (nSPS) is 28.1. The predicted octanol–water partition coefficient (Wildman–Crippen LogP) is 0.394. The van der Waals surface area contributed by atoms with Crippen molar-refractivity contribution in [2.45, 2.75) is 12.8 Å². The van der Waals surface area contributed by atoms with Crippen LogP contribution in [0.25, 0.3) is 0 Å². The molecule has 2 fully saturated rings. The lowest BCUT2D eigenvalue weighted by Crippen LogP contribution is -2.42. The first-order valence-electron chi connectivity index (χ1n) is 5.67. The van der Waals surface area contributed by atoms with Gasteiger partial charge in [0, 0.05) is 32.2 Å². The van der Waals surface area contributed by atoms with Crippen molar-refractivity contribution in [1.82, 2.24) is 10.2 Å². The molecule has 1 unspecified atom stereocenters. The van der Waals surface area contributed by atoms with Crippen molar-refractivity contribution in [2.75, 3.05) is 32.8 Å². The largest absolute Gasteiger partial charge is 0.381 e. The Labute approximate surface area is 94.4 Å². The fourth-order valence-corrected chi connectivity index (χ4v) is 2.17. The van der Waals surface area contributed by atoms with E-state index in [0.717, 1.165) is 51.9 Å². The summed E-state index contributed by atoms with van der Waals surface area (Å²) in [5, 5.41) is 13.6. The Hall–Kier alpha value is -1.30.